The minimum atomic E-state index is -0.0587. The molecule has 3 aliphatic rings. The van der Waals surface area contributed by atoms with Gasteiger partial charge in [-0.2, -0.15) is 0 Å². The van der Waals surface area contributed by atoms with Gasteiger partial charge in [0.05, 0.1) is 12.6 Å². The Morgan fingerprint density at radius 1 is 1.03 bits per heavy atom. The van der Waals surface area contributed by atoms with Crippen molar-refractivity contribution in [1.29, 1.82) is 0 Å². The number of carbonyl (C=O) groups is 1. The van der Waals surface area contributed by atoms with Crippen LogP contribution in [0.5, 0.6) is 5.75 Å². The molecule has 0 bridgehead atoms. The van der Waals surface area contributed by atoms with E-state index in [2.05, 4.69) is 71.1 Å². The zero-order valence-electron chi connectivity index (χ0n) is 22.4. The van der Waals surface area contributed by atoms with E-state index >= 15 is 0 Å². The highest BCUT2D eigenvalue weighted by molar-refractivity contribution is 5.78. The van der Waals surface area contributed by atoms with Crippen LogP contribution in [0.25, 0.3) is 0 Å². The largest absolute Gasteiger partial charge is 0.497 e. The van der Waals surface area contributed by atoms with Gasteiger partial charge in [0.25, 0.3) is 0 Å². The second kappa shape index (κ2) is 10.5. The molecule has 5 heteroatoms. The number of benzene rings is 2. The molecule has 194 valence electrons. The lowest BCUT2D eigenvalue weighted by Crippen LogP contribution is -2.57. The van der Waals surface area contributed by atoms with Gasteiger partial charge in [0.15, 0.2) is 0 Å². The van der Waals surface area contributed by atoms with E-state index in [9.17, 15) is 4.79 Å². The van der Waals surface area contributed by atoms with Crippen LogP contribution in [0.2, 0.25) is 0 Å². The van der Waals surface area contributed by atoms with Crippen molar-refractivity contribution in [1.82, 2.24) is 14.7 Å². The molecule has 0 N–H and O–H groups in total. The van der Waals surface area contributed by atoms with Crippen molar-refractivity contribution < 1.29 is 9.53 Å². The molecule has 3 fully saturated rings. The highest BCUT2D eigenvalue weighted by atomic mass is 16.5. The van der Waals surface area contributed by atoms with Crippen molar-refractivity contribution in [3.05, 3.63) is 65.7 Å². The number of ether oxygens (including phenoxy) is 1. The minimum absolute atomic E-state index is 0.0495. The Bertz CT molecular complexity index is 1030. The average molecular weight is 490 g/mol. The fraction of sp³-hybridized carbons (Fsp3) is 0.581. The molecule has 1 heterocycles. The molecule has 0 atom stereocenters. The quantitative estimate of drug-likeness (QED) is 0.416. The lowest BCUT2D eigenvalue weighted by Gasteiger charge is -2.52. The molecule has 5 nitrogen and oxygen atoms in total. The molecule has 36 heavy (non-hydrogen) atoms. The number of carbonyl (C=O) groups excluding carboxylic acids is 1. The van der Waals surface area contributed by atoms with E-state index in [1.807, 2.05) is 12.1 Å². The number of methoxy groups -OCH3 is 1. The normalized spacial score (nSPS) is 26.6. The third-order valence-electron chi connectivity index (χ3n) is 9.34. The number of hydrogen-bond acceptors (Lipinski definition) is 3. The summed E-state index contributed by atoms with van der Waals surface area (Å²) in [5.74, 6) is 1.52. The Hall–Kier alpha value is -2.53. The fourth-order valence-corrected chi connectivity index (χ4v) is 6.95. The van der Waals surface area contributed by atoms with Gasteiger partial charge in [0, 0.05) is 25.2 Å². The molecule has 2 amide bonds. The SMILES string of the molecule is CCCN(C)C1(c2ccccc2)CCC2(CC1)CN(Cc1cccc(OC)c1)C(=O)N2CC1CCC1. The molecule has 1 saturated heterocycles. The van der Waals surface area contributed by atoms with Gasteiger partial charge in [-0.1, -0.05) is 55.8 Å². The van der Waals surface area contributed by atoms with Gasteiger partial charge in [0.2, 0.25) is 0 Å². The summed E-state index contributed by atoms with van der Waals surface area (Å²) >= 11 is 0. The minimum Gasteiger partial charge on any atom is -0.497 e. The second-order valence-electron chi connectivity index (χ2n) is 11.4. The van der Waals surface area contributed by atoms with E-state index in [-0.39, 0.29) is 17.1 Å². The Morgan fingerprint density at radius 2 is 1.78 bits per heavy atom. The average Bonchev–Trinajstić information content (AvgIpc) is 3.12. The molecule has 1 spiro atoms. The molecule has 2 aliphatic carbocycles. The third-order valence-corrected chi connectivity index (χ3v) is 9.34. The van der Waals surface area contributed by atoms with E-state index < -0.39 is 0 Å². The summed E-state index contributed by atoms with van der Waals surface area (Å²) in [7, 11) is 4.00. The van der Waals surface area contributed by atoms with Crippen LogP contribution >= 0.6 is 0 Å². The van der Waals surface area contributed by atoms with Crippen molar-refractivity contribution in [2.75, 3.05) is 33.8 Å². The number of hydrogen-bond donors (Lipinski definition) is 0. The molecule has 2 aromatic rings. The lowest BCUT2D eigenvalue weighted by atomic mass is 9.67. The summed E-state index contributed by atoms with van der Waals surface area (Å²) in [5.41, 5.74) is 2.56. The van der Waals surface area contributed by atoms with Gasteiger partial charge < -0.3 is 14.5 Å². The van der Waals surface area contributed by atoms with Crippen molar-refractivity contribution in [2.45, 2.75) is 75.9 Å². The Morgan fingerprint density at radius 3 is 2.42 bits per heavy atom. The Kier molecular flexibility index (Phi) is 7.30. The van der Waals surface area contributed by atoms with E-state index in [1.165, 1.54) is 24.8 Å². The Labute approximate surface area is 217 Å². The fourth-order valence-electron chi connectivity index (χ4n) is 6.95. The summed E-state index contributed by atoms with van der Waals surface area (Å²) < 4.78 is 5.44. The standard InChI is InChI=1S/C31H43N3O2/c1-4-20-32(2)31(27-13-6-5-7-14-27)18-16-30(17-19-31)24-33(22-26-12-9-15-28(21-26)36-3)29(35)34(30)23-25-10-8-11-25/h5-7,9,12-15,21,25H,4,8,10-11,16-20,22-24H2,1-3H3. The molecular weight excluding hydrogens is 446 g/mol. The third kappa shape index (κ3) is 4.63. The van der Waals surface area contributed by atoms with Gasteiger partial charge in [-0.05, 0) is 87.7 Å². The molecule has 2 aromatic carbocycles. The maximum Gasteiger partial charge on any atom is 0.320 e. The molecular formula is C31H43N3O2. The summed E-state index contributed by atoms with van der Waals surface area (Å²) in [6.45, 7) is 5.77. The van der Waals surface area contributed by atoms with Crippen LogP contribution < -0.4 is 4.74 Å². The molecule has 5 rings (SSSR count). The number of amides is 2. The van der Waals surface area contributed by atoms with Crippen molar-refractivity contribution >= 4 is 6.03 Å². The first-order valence-electron chi connectivity index (χ1n) is 14.0. The smallest absolute Gasteiger partial charge is 0.320 e. The number of rotatable bonds is 9. The number of urea groups is 1. The molecule has 0 unspecified atom stereocenters. The van der Waals surface area contributed by atoms with E-state index in [0.29, 0.717) is 12.5 Å². The maximum atomic E-state index is 13.9. The molecule has 0 radical (unpaired) electrons. The van der Waals surface area contributed by atoms with Crippen molar-refractivity contribution in [3.63, 3.8) is 0 Å². The van der Waals surface area contributed by atoms with Gasteiger partial charge in [0.1, 0.15) is 5.75 Å². The lowest BCUT2D eigenvalue weighted by molar-refractivity contribution is 0.00476. The van der Waals surface area contributed by atoms with Crippen LogP contribution in [-0.4, -0.2) is 60.1 Å². The second-order valence-corrected chi connectivity index (χ2v) is 11.4. The van der Waals surface area contributed by atoms with Crippen molar-refractivity contribution in [2.24, 2.45) is 5.92 Å². The topological polar surface area (TPSA) is 36.0 Å². The van der Waals surface area contributed by atoms with Gasteiger partial charge >= 0.3 is 6.03 Å². The van der Waals surface area contributed by atoms with E-state index in [1.54, 1.807) is 7.11 Å². The van der Waals surface area contributed by atoms with Crippen LogP contribution in [0, 0.1) is 5.92 Å². The van der Waals surface area contributed by atoms with Gasteiger partial charge in [-0.15, -0.1) is 0 Å². The number of nitrogens with zero attached hydrogens (tertiary/aromatic N) is 3. The summed E-state index contributed by atoms with van der Waals surface area (Å²) in [5, 5.41) is 0. The van der Waals surface area contributed by atoms with E-state index in [4.69, 9.17) is 4.74 Å². The molecule has 0 aromatic heterocycles. The van der Waals surface area contributed by atoms with E-state index in [0.717, 1.165) is 63.1 Å². The highest BCUT2D eigenvalue weighted by Gasteiger charge is 2.55. The van der Waals surface area contributed by atoms with Crippen LogP contribution in [0.15, 0.2) is 54.6 Å². The van der Waals surface area contributed by atoms with Gasteiger partial charge in [-0.3, -0.25) is 4.90 Å². The predicted octanol–water partition coefficient (Wildman–Crippen LogP) is 6.28. The summed E-state index contributed by atoms with van der Waals surface area (Å²) in [6.07, 6.45) is 9.30. The Balaban J connectivity index is 1.40. The zero-order chi connectivity index (χ0) is 25.2. The summed E-state index contributed by atoms with van der Waals surface area (Å²) in [6, 6.07) is 19.5. The highest BCUT2D eigenvalue weighted by Crippen LogP contribution is 2.50. The first-order valence-corrected chi connectivity index (χ1v) is 14.0. The van der Waals surface area contributed by atoms with Crippen LogP contribution in [0.3, 0.4) is 0 Å². The molecule has 2 saturated carbocycles. The first-order chi connectivity index (χ1) is 17.5. The van der Waals surface area contributed by atoms with Gasteiger partial charge in [-0.25, -0.2) is 4.79 Å². The molecule has 1 aliphatic heterocycles. The summed E-state index contributed by atoms with van der Waals surface area (Å²) in [4.78, 5) is 20.9. The van der Waals surface area contributed by atoms with Crippen LogP contribution in [-0.2, 0) is 12.1 Å². The monoisotopic (exact) mass is 489 g/mol. The predicted molar refractivity (Wildman–Crippen MR) is 145 cm³/mol. The van der Waals surface area contributed by atoms with Crippen molar-refractivity contribution in [3.8, 4) is 5.75 Å². The van der Waals surface area contributed by atoms with Crippen LogP contribution in [0.1, 0.15) is 69.4 Å². The first kappa shape index (κ1) is 25.1. The van der Waals surface area contributed by atoms with Crippen LogP contribution in [0.4, 0.5) is 4.79 Å². The maximum absolute atomic E-state index is 13.9. The zero-order valence-corrected chi connectivity index (χ0v) is 22.4.